The Kier molecular flexibility index (Phi) is 6.12. The maximum Gasteiger partial charge on any atom is 0.412 e. The van der Waals surface area contributed by atoms with Crippen LogP contribution in [0.3, 0.4) is 0 Å². The topological polar surface area (TPSA) is 80.3 Å². The van der Waals surface area contributed by atoms with Crippen LogP contribution in [0.25, 0.3) is 10.6 Å². The van der Waals surface area contributed by atoms with E-state index in [4.69, 9.17) is 4.74 Å². The van der Waals surface area contributed by atoms with Crippen molar-refractivity contribution in [1.29, 1.82) is 0 Å². The van der Waals surface area contributed by atoms with Gasteiger partial charge in [-0.05, 0) is 51.1 Å². The third-order valence-electron chi connectivity index (χ3n) is 3.70. The fourth-order valence-electron chi connectivity index (χ4n) is 2.46. The largest absolute Gasteiger partial charge is 0.444 e. The number of rotatable bonds is 4. The summed E-state index contributed by atoms with van der Waals surface area (Å²) in [6.45, 7) is 5.12. The molecule has 0 atom stereocenters. The number of hydrogen-bond acceptors (Lipinski definition) is 5. The zero-order valence-corrected chi connectivity index (χ0v) is 17.3. The molecule has 0 bridgehead atoms. The molecular formula is C21H19F2N3O3S. The van der Waals surface area contributed by atoms with Crippen LogP contribution in [0.1, 0.15) is 30.4 Å². The number of hydrogen-bond donors (Lipinski definition) is 2. The Balaban J connectivity index is 1.79. The third-order valence-corrected chi connectivity index (χ3v) is 4.73. The zero-order valence-electron chi connectivity index (χ0n) is 16.5. The number of anilines is 2. The molecule has 2 amide bonds. The molecule has 0 spiro atoms. The van der Waals surface area contributed by atoms with Gasteiger partial charge in [-0.1, -0.05) is 12.1 Å². The summed E-state index contributed by atoms with van der Waals surface area (Å²) in [5.41, 5.74) is -0.233. The minimum Gasteiger partial charge on any atom is -0.444 e. The number of ether oxygens (including phenoxy) is 1. The molecule has 3 aromatic rings. The maximum absolute atomic E-state index is 13.9. The Hall–Kier alpha value is -3.33. The number of amides is 2. The Labute approximate surface area is 175 Å². The Morgan fingerprint density at radius 2 is 1.77 bits per heavy atom. The lowest BCUT2D eigenvalue weighted by molar-refractivity contribution is 0.0635. The normalized spacial score (nSPS) is 11.1. The van der Waals surface area contributed by atoms with E-state index >= 15 is 0 Å². The van der Waals surface area contributed by atoms with Crippen molar-refractivity contribution in [3.8, 4) is 10.6 Å². The Morgan fingerprint density at radius 3 is 2.47 bits per heavy atom. The van der Waals surface area contributed by atoms with Crippen molar-refractivity contribution in [3.05, 3.63) is 65.2 Å². The number of nitrogens with one attached hydrogen (secondary N) is 2. The van der Waals surface area contributed by atoms with Crippen molar-refractivity contribution in [2.45, 2.75) is 26.4 Å². The SMILES string of the molecule is CC(C)(C)OC(=O)Nc1ccc(F)cc1NC(=O)c1cnc(-c2ccccc2F)s1. The molecule has 0 saturated carbocycles. The number of aromatic nitrogens is 1. The van der Waals surface area contributed by atoms with Crippen LogP contribution >= 0.6 is 11.3 Å². The van der Waals surface area contributed by atoms with Gasteiger partial charge in [0, 0.05) is 5.56 Å². The molecule has 6 nitrogen and oxygen atoms in total. The quantitative estimate of drug-likeness (QED) is 0.556. The molecule has 30 heavy (non-hydrogen) atoms. The first-order chi connectivity index (χ1) is 14.1. The van der Waals surface area contributed by atoms with Crippen LogP contribution in [-0.4, -0.2) is 22.6 Å². The number of carbonyl (C=O) groups is 2. The fourth-order valence-corrected chi connectivity index (χ4v) is 3.30. The molecule has 0 aliphatic carbocycles. The van der Waals surface area contributed by atoms with Gasteiger partial charge in [-0.2, -0.15) is 0 Å². The van der Waals surface area contributed by atoms with Gasteiger partial charge in [0.15, 0.2) is 0 Å². The summed E-state index contributed by atoms with van der Waals surface area (Å²) in [7, 11) is 0. The molecule has 1 heterocycles. The van der Waals surface area contributed by atoms with E-state index in [1.165, 1.54) is 18.3 Å². The second-order valence-corrected chi connectivity index (χ2v) is 8.31. The summed E-state index contributed by atoms with van der Waals surface area (Å²) in [6, 6.07) is 9.62. The molecule has 3 rings (SSSR count). The maximum atomic E-state index is 13.9. The Bertz CT molecular complexity index is 1090. The lowest BCUT2D eigenvalue weighted by atomic mass is 10.2. The van der Waals surface area contributed by atoms with Gasteiger partial charge in [-0.15, -0.1) is 11.3 Å². The van der Waals surface area contributed by atoms with Gasteiger partial charge in [-0.3, -0.25) is 10.1 Å². The predicted molar refractivity (Wildman–Crippen MR) is 112 cm³/mol. The van der Waals surface area contributed by atoms with E-state index in [-0.39, 0.29) is 21.8 Å². The minimum atomic E-state index is -0.746. The summed E-state index contributed by atoms with van der Waals surface area (Å²) in [5, 5.41) is 5.37. The number of benzene rings is 2. The van der Waals surface area contributed by atoms with E-state index in [9.17, 15) is 18.4 Å². The van der Waals surface area contributed by atoms with Gasteiger partial charge in [0.2, 0.25) is 0 Å². The molecule has 2 N–H and O–H groups in total. The van der Waals surface area contributed by atoms with Crippen molar-refractivity contribution in [1.82, 2.24) is 4.98 Å². The van der Waals surface area contributed by atoms with E-state index < -0.39 is 29.2 Å². The van der Waals surface area contributed by atoms with E-state index in [2.05, 4.69) is 15.6 Å². The van der Waals surface area contributed by atoms with Crippen molar-refractivity contribution < 1.29 is 23.1 Å². The highest BCUT2D eigenvalue weighted by atomic mass is 32.1. The molecule has 0 aliphatic rings. The lowest BCUT2D eigenvalue weighted by Gasteiger charge is -2.20. The molecule has 0 unspecified atom stereocenters. The number of nitrogens with zero attached hydrogens (tertiary/aromatic N) is 1. The summed E-state index contributed by atoms with van der Waals surface area (Å²) >= 11 is 0.990. The van der Waals surface area contributed by atoms with Crippen molar-refractivity contribution in [2.24, 2.45) is 0 Å². The molecule has 9 heteroatoms. The van der Waals surface area contributed by atoms with Crippen LogP contribution < -0.4 is 10.6 Å². The minimum absolute atomic E-state index is 0.0479. The van der Waals surface area contributed by atoms with E-state index in [1.807, 2.05) is 0 Å². The van der Waals surface area contributed by atoms with Gasteiger partial charge in [-0.25, -0.2) is 18.6 Å². The van der Waals surface area contributed by atoms with Crippen LogP contribution in [0.5, 0.6) is 0 Å². The Morgan fingerprint density at radius 1 is 1.03 bits per heavy atom. The zero-order chi connectivity index (χ0) is 21.9. The molecule has 156 valence electrons. The summed E-state index contributed by atoms with van der Waals surface area (Å²) in [4.78, 5) is 28.9. The highest BCUT2D eigenvalue weighted by molar-refractivity contribution is 7.17. The second-order valence-electron chi connectivity index (χ2n) is 7.28. The lowest BCUT2D eigenvalue weighted by Crippen LogP contribution is -2.27. The smallest absolute Gasteiger partial charge is 0.412 e. The van der Waals surface area contributed by atoms with Gasteiger partial charge in [0.25, 0.3) is 5.91 Å². The second kappa shape index (κ2) is 8.58. The van der Waals surface area contributed by atoms with Gasteiger partial charge >= 0.3 is 6.09 Å². The van der Waals surface area contributed by atoms with Crippen molar-refractivity contribution in [2.75, 3.05) is 10.6 Å². The molecule has 0 fully saturated rings. The first-order valence-electron chi connectivity index (χ1n) is 8.94. The standard InChI is InChI=1S/C21H19F2N3O3S/c1-21(2,3)29-20(28)26-15-9-8-12(22)10-16(15)25-18(27)17-11-24-19(30-17)13-6-4-5-7-14(13)23/h4-11H,1-3H3,(H,25,27)(H,26,28). The van der Waals surface area contributed by atoms with Gasteiger partial charge < -0.3 is 10.1 Å². The molecule has 0 radical (unpaired) electrons. The highest BCUT2D eigenvalue weighted by Crippen LogP contribution is 2.29. The average molecular weight is 431 g/mol. The monoisotopic (exact) mass is 431 g/mol. The third kappa shape index (κ3) is 5.38. The number of halogens is 2. The van der Waals surface area contributed by atoms with Crippen LogP contribution in [0.4, 0.5) is 25.0 Å². The van der Waals surface area contributed by atoms with Crippen LogP contribution in [0.2, 0.25) is 0 Å². The molecule has 2 aromatic carbocycles. The summed E-state index contributed by atoms with van der Waals surface area (Å²) in [6.07, 6.45) is 0.562. The summed E-state index contributed by atoms with van der Waals surface area (Å²) < 4.78 is 32.9. The predicted octanol–water partition coefficient (Wildman–Crippen LogP) is 5.69. The molecule has 0 saturated heterocycles. The van der Waals surface area contributed by atoms with E-state index in [1.54, 1.807) is 39.0 Å². The van der Waals surface area contributed by atoms with Gasteiger partial charge in [0.1, 0.15) is 27.1 Å². The van der Waals surface area contributed by atoms with Crippen LogP contribution in [0, 0.1) is 11.6 Å². The fraction of sp³-hybridized carbons (Fsp3) is 0.190. The highest BCUT2D eigenvalue weighted by Gasteiger charge is 2.19. The molecule has 0 aliphatic heterocycles. The van der Waals surface area contributed by atoms with E-state index in [0.717, 1.165) is 23.5 Å². The molecular weight excluding hydrogens is 412 g/mol. The molecule has 1 aromatic heterocycles. The van der Waals surface area contributed by atoms with E-state index in [0.29, 0.717) is 5.01 Å². The first kappa shape index (κ1) is 21.4. The first-order valence-corrected chi connectivity index (χ1v) is 9.76. The number of carbonyl (C=O) groups excluding carboxylic acids is 2. The van der Waals surface area contributed by atoms with Crippen LogP contribution in [0.15, 0.2) is 48.7 Å². The average Bonchev–Trinajstić information content (AvgIpc) is 3.13. The van der Waals surface area contributed by atoms with Crippen LogP contribution in [-0.2, 0) is 4.74 Å². The number of thiazole rings is 1. The van der Waals surface area contributed by atoms with Crippen molar-refractivity contribution in [3.63, 3.8) is 0 Å². The summed E-state index contributed by atoms with van der Waals surface area (Å²) in [5.74, 6) is -1.63. The van der Waals surface area contributed by atoms with Crippen molar-refractivity contribution >= 4 is 34.7 Å². The van der Waals surface area contributed by atoms with Gasteiger partial charge in [0.05, 0.1) is 17.6 Å².